The van der Waals surface area contributed by atoms with Gasteiger partial charge in [-0.1, -0.05) is 0 Å². The van der Waals surface area contributed by atoms with Crippen LogP contribution in [-0.4, -0.2) is 63.6 Å². The molecule has 10 heteroatoms. The summed E-state index contributed by atoms with van der Waals surface area (Å²) in [5.41, 5.74) is 0.696. The van der Waals surface area contributed by atoms with Crippen molar-refractivity contribution in [1.29, 1.82) is 0 Å². The normalized spacial score (nSPS) is 17.0. The minimum Gasteiger partial charge on any atom is -0.355 e. The van der Waals surface area contributed by atoms with E-state index in [9.17, 15) is 13.6 Å². The van der Waals surface area contributed by atoms with Gasteiger partial charge in [-0.3, -0.25) is 4.79 Å². The predicted octanol–water partition coefficient (Wildman–Crippen LogP) is 3.03. The van der Waals surface area contributed by atoms with Crippen molar-refractivity contribution in [1.82, 2.24) is 24.4 Å². The van der Waals surface area contributed by atoms with Gasteiger partial charge in [-0.15, -0.1) is 0 Å². The van der Waals surface area contributed by atoms with Crippen LogP contribution in [0, 0.1) is 0 Å². The van der Waals surface area contributed by atoms with E-state index in [-0.39, 0.29) is 5.91 Å². The third-order valence-corrected chi connectivity index (χ3v) is 5.43. The zero-order chi connectivity index (χ0) is 22.3. The van der Waals surface area contributed by atoms with Crippen LogP contribution in [0.1, 0.15) is 26.1 Å². The van der Waals surface area contributed by atoms with Gasteiger partial charge >= 0.3 is 5.92 Å². The second kappa shape index (κ2) is 7.84. The molecule has 4 heterocycles. The fraction of sp³-hybridized carbons (Fsp3) is 0.429. The molecule has 4 rings (SSSR count). The number of rotatable bonds is 5. The summed E-state index contributed by atoms with van der Waals surface area (Å²) in [6, 6.07) is 5.58. The van der Waals surface area contributed by atoms with Crippen molar-refractivity contribution in [3.05, 3.63) is 36.4 Å². The van der Waals surface area contributed by atoms with Crippen molar-refractivity contribution < 1.29 is 13.6 Å². The molecule has 1 unspecified atom stereocenters. The number of hydrogen-bond donors (Lipinski definition) is 1. The van der Waals surface area contributed by atoms with Crippen molar-refractivity contribution in [2.75, 3.05) is 37.4 Å². The first kappa shape index (κ1) is 21.1. The number of aromatic nitrogens is 4. The number of alkyl halides is 2. The number of carbonyl (C=O) groups is 1. The summed E-state index contributed by atoms with van der Waals surface area (Å²) in [5.74, 6) is -2.76. The first-order chi connectivity index (χ1) is 14.6. The summed E-state index contributed by atoms with van der Waals surface area (Å²) in [6.07, 6.45) is 4.30. The summed E-state index contributed by atoms with van der Waals surface area (Å²) < 4.78 is 30.2. The van der Waals surface area contributed by atoms with Gasteiger partial charge in [0.25, 0.3) is 0 Å². The molecule has 0 bridgehead atoms. The lowest BCUT2D eigenvalue weighted by atomic mass is 10.2. The van der Waals surface area contributed by atoms with E-state index in [0.29, 0.717) is 35.6 Å². The largest absolute Gasteiger partial charge is 0.355 e. The van der Waals surface area contributed by atoms with E-state index in [2.05, 4.69) is 25.2 Å². The number of hydrogen-bond acceptors (Lipinski definition) is 6. The fourth-order valence-corrected chi connectivity index (χ4v) is 3.75. The van der Waals surface area contributed by atoms with Crippen molar-refractivity contribution in [3.8, 4) is 5.82 Å². The number of anilines is 2. The summed E-state index contributed by atoms with van der Waals surface area (Å²) in [6.45, 7) is 3.64. The second-order valence-electron chi connectivity index (χ2n) is 8.14. The molecule has 0 saturated carbocycles. The molecule has 1 atom stereocenters. The highest BCUT2D eigenvalue weighted by molar-refractivity contribution is 5.91. The SMILES string of the molecule is CC(=O)Nc1cc2c(ccn2-c2cc(N3CCC(N(C)C)C3)nc(C(C)(F)F)n2)cn1. The first-order valence-corrected chi connectivity index (χ1v) is 10.1. The first-order valence-electron chi connectivity index (χ1n) is 10.1. The zero-order valence-electron chi connectivity index (χ0n) is 17.9. The number of carbonyl (C=O) groups excluding carboxylic acids is 1. The highest BCUT2D eigenvalue weighted by Gasteiger charge is 2.32. The van der Waals surface area contributed by atoms with Crippen LogP contribution in [0.5, 0.6) is 0 Å². The zero-order valence-corrected chi connectivity index (χ0v) is 17.9. The maximum Gasteiger partial charge on any atom is 0.303 e. The minimum absolute atomic E-state index is 0.244. The van der Waals surface area contributed by atoms with Gasteiger partial charge in [0.1, 0.15) is 17.5 Å². The standard InChI is InChI=1S/C21H25F2N7O/c1-13(31)25-17-9-16-14(11-24-17)5-8-30(16)19-10-18(26-20(27-19)21(2,22)23)29-7-6-15(12-29)28(3)4/h5,8-11,15H,6-7,12H2,1-4H3,(H,24,25,31). The summed E-state index contributed by atoms with van der Waals surface area (Å²) in [7, 11) is 4.02. The van der Waals surface area contributed by atoms with Crippen LogP contribution in [-0.2, 0) is 10.7 Å². The Morgan fingerprint density at radius 3 is 2.65 bits per heavy atom. The lowest BCUT2D eigenvalue weighted by molar-refractivity contribution is -0.114. The Morgan fingerprint density at radius 2 is 2.00 bits per heavy atom. The van der Waals surface area contributed by atoms with Gasteiger partial charge in [0.2, 0.25) is 11.7 Å². The average Bonchev–Trinajstić information content (AvgIpc) is 3.34. The second-order valence-corrected chi connectivity index (χ2v) is 8.14. The molecular formula is C21H25F2N7O. The summed E-state index contributed by atoms with van der Waals surface area (Å²) in [4.78, 5) is 28.1. The highest BCUT2D eigenvalue weighted by Crippen LogP contribution is 2.30. The number of nitrogens with one attached hydrogen (secondary N) is 1. The molecule has 1 saturated heterocycles. The van der Waals surface area contributed by atoms with Crippen LogP contribution in [0.15, 0.2) is 30.6 Å². The van der Waals surface area contributed by atoms with Crippen molar-refractivity contribution in [2.45, 2.75) is 32.2 Å². The molecule has 1 aliphatic rings. The number of nitrogens with zero attached hydrogens (tertiary/aromatic N) is 6. The molecule has 1 fully saturated rings. The van der Waals surface area contributed by atoms with Crippen LogP contribution < -0.4 is 10.2 Å². The van der Waals surface area contributed by atoms with Crippen LogP contribution in [0.4, 0.5) is 20.4 Å². The molecule has 1 aliphatic heterocycles. The van der Waals surface area contributed by atoms with E-state index in [1.807, 2.05) is 25.1 Å². The van der Waals surface area contributed by atoms with Crippen LogP contribution in [0.2, 0.25) is 0 Å². The van der Waals surface area contributed by atoms with Gasteiger partial charge in [-0.25, -0.2) is 15.0 Å². The van der Waals surface area contributed by atoms with E-state index in [1.54, 1.807) is 29.1 Å². The highest BCUT2D eigenvalue weighted by atomic mass is 19.3. The minimum atomic E-state index is -3.18. The van der Waals surface area contributed by atoms with Gasteiger partial charge in [0, 0.05) is 62.9 Å². The Morgan fingerprint density at radius 1 is 1.26 bits per heavy atom. The molecule has 1 amide bonds. The molecule has 0 radical (unpaired) electrons. The maximum absolute atomic E-state index is 14.3. The summed E-state index contributed by atoms with van der Waals surface area (Å²) in [5, 5.41) is 3.44. The Kier molecular flexibility index (Phi) is 5.34. The number of likely N-dealkylation sites (N-methyl/N-ethyl adjacent to an activating group) is 1. The van der Waals surface area contributed by atoms with Crippen molar-refractivity contribution in [3.63, 3.8) is 0 Å². The number of pyridine rings is 1. The maximum atomic E-state index is 14.3. The third-order valence-electron chi connectivity index (χ3n) is 5.43. The topological polar surface area (TPSA) is 79.2 Å². The number of fused-ring (bicyclic) bond motifs is 1. The molecule has 0 aromatic carbocycles. The van der Waals surface area contributed by atoms with Gasteiger partial charge in [-0.05, 0) is 26.6 Å². The van der Waals surface area contributed by atoms with E-state index < -0.39 is 11.7 Å². The Balaban J connectivity index is 1.80. The van der Waals surface area contributed by atoms with E-state index in [4.69, 9.17) is 0 Å². The molecular weight excluding hydrogens is 404 g/mol. The lowest BCUT2D eigenvalue weighted by Crippen LogP contribution is -2.32. The summed E-state index contributed by atoms with van der Waals surface area (Å²) >= 11 is 0. The molecule has 1 N–H and O–H groups in total. The predicted molar refractivity (Wildman–Crippen MR) is 115 cm³/mol. The van der Waals surface area contributed by atoms with Crippen LogP contribution in [0.3, 0.4) is 0 Å². The van der Waals surface area contributed by atoms with E-state index in [0.717, 1.165) is 25.3 Å². The number of amides is 1. The Labute approximate surface area is 178 Å². The van der Waals surface area contributed by atoms with Crippen molar-refractivity contribution in [2.24, 2.45) is 0 Å². The molecule has 3 aromatic heterocycles. The van der Waals surface area contributed by atoms with Gasteiger partial charge in [0.15, 0.2) is 0 Å². The molecule has 8 nitrogen and oxygen atoms in total. The third kappa shape index (κ3) is 4.34. The smallest absolute Gasteiger partial charge is 0.303 e. The van der Waals surface area contributed by atoms with Gasteiger partial charge in [-0.2, -0.15) is 8.78 Å². The van der Waals surface area contributed by atoms with Crippen LogP contribution >= 0.6 is 0 Å². The lowest BCUT2D eigenvalue weighted by Gasteiger charge is -2.22. The fourth-order valence-electron chi connectivity index (χ4n) is 3.75. The van der Waals surface area contributed by atoms with Crippen LogP contribution in [0.25, 0.3) is 16.7 Å². The molecule has 3 aromatic rings. The van der Waals surface area contributed by atoms with E-state index in [1.165, 1.54) is 6.92 Å². The van der Waals surface area contributed by atoms with Gasteiger partial charge in [0.05, 0.1) is 5.52 Å². The molecule has 0 aliphatic carbocycles. The van der Waals surface area contributed by atoms with Gasteiger partial charge < -0.3 is 19.7 Å². The molecule has 164 valence electrons. The van der Waals surface area contributed by atoms with Crippen molar-refractivity contribution >= 4 is 28.4 Å². The molecule has 0 spiro atoms. The average molecular weight is 429 g/mol. The monoisotopic (exact) mass is 429 g/mol. The Bertz CT molecular complexity index is 1120. The van der Waals surface area contributed by atoms with E-state index >= 15 is 0 Å². The number of halogens is 2. The molecule has 31 heavy (non-hydrogen) atoms. The quantitative estimate of drug-likeness (QED) is 0.672. The Hall–Kier alpha value is -3.14.